The maximum absolute atomic E-state index is 15.7. The lowest BCUT2D eigenvalue weighted by molar-refractivity contribution is -0.140. The summed E-state index contributed by atoms with van der Waals surface area (Å²) in [5.74, 6) is -2.76. The molecule has 1 N–H and O–H groups in total. The minimum absolute atomic E-state index is 0.0265. The number of aliphatic hydroxyl groups is 1. The number of carbonyl (C=O) groups is 3. The molecule has 2 heterocycles. The van der Waals surface area contributed by atoms with E-state index in [0.29, 0.717) is 11.8 Å². The van der Waals surface area contributed by atoms with Gasteiger partial charge < -0.3 is 23.5 Å². The number of ether oxygens (including phenoxy) is 2. The Balaban J connectivity index is 1.42. The molecule has 54 heavy (non-hydrogen) atoms. The van der Waals surface area contributed by atoms with E-state index in [1.165, 1.54) is 0 Å². The Bertz CT molecular complexity index is 2160. The van der Waals surface area contributed by atoms with Gasteiger partial charge in [0.2, 0.25) is 11.6 Å². The number of aromatic nitrogens is 2. The third-order valence-electron chi connectivity index (χ3n) is 11.5. The van der Waals surface area contributed by atoms with Gasteiger partial charge in [0.15, 0.2) is 36.9 Å². The number of aldehydes is 1. The highest BCUT2D eigenvalue weighted by Gasteiger charge is 2.69. The Labute approximate surface area is 320 Å². The van der Waals surface area contributed by atoms with Crippen LogP contribution < -0.4 is 9.47 Å². The van der Waals surface area contributed by atoms with Crippen LogP contribution in [-0.2, 0) is 28.9 Å². The number of halogens is 1. The number of nitrogens with zero attached hydrogens (tertiary/aromatic N) is 3. The molecule has 0 unspecified atom stereocenters. The van der Waals surface area contributed by atoms with E-state index in [2.05, 4.69) is 10.1 Å². The Kier molecular flexibility index (Phi) is 9.70. The molecular formula is C41H44ClN3O8Si. The number of hydrogen-bond donors (Lipinski definition) is 1. The second-order valence-electron chi connectivity index (χ2n) is 16.0. The third-order valence-corrected chi connectivity index (χ3v) is 16.2. The van der Waals surface area contributed by atoms with Gasteiger partial charge in [-0.1, -0.05) is 93.0 Å². The Morgan fingerprint density at radius 2 is 1.59 bits per heavy atom. The average molecular weight is 770 g/mol. The minimum Gasteiger partial charge on any atom is -0.507 e. The summed E-state index contributed by atoms with van der Waals surface area (Å²) in [6.07, 6.45) is 0.982. The van der Waals surface area contributed by atoms with Gasteiger partial charge in [0.1, 0.15) is 30.2 Å². The van der Waals surface area contributed by atoms with Crippen molar-refractivity contribution in [2.75, 3.05) is 14.1 Å². The summed E-state index contributed by atoms with van der Waals surface area (Å²) < 4.78 is 25.5. The molecule has 0 aliphatic heterocycles. The zero-order valence-corrected chi connectivity index (χ0v) is 33.2. The number of hydrogen-bond acceptors (Lipinski definition) is 11. The van der Waals surface area contributed by atoms with Crippen LogP contribution >= 0.6 is 11.6 Å². The molecule has 3 aliphatic carbocycles. The molecule has 2 aromatic heterocycles. The van der Waals surface area contributed by atoms with Crippen molar-refractivity contribution in [3.05, 3.63) is 111 Å². The van der Waals surface area contributed by atoms with Crippen LogP contribution in [0, 0.1) is 11.8 Å². The van der Waals surface area contributed by atoms with Crippen molar-refractivity contribution in [1.29, 1.82) is 0 Å². The molecule has 7 rings (SSSR count). The minimum atomic E-state index is -2.94. The number of fused-ring (bicyclic) bond motifs is 4. The Morgan fingerprint density at radius 1 is 0.981 bits per heavy atom. The van der Waals surface area contributed by atoms with Crippen molar-refractivity contribution < 1.29 is 37.9 Å². The van der Waals surface area contributed by atoms with Crippen LogP contribution in [0.15, 0.2) is 70.8 Å². The molecule has 282 valence electrons. The monoisotopic (exact) mass is 769 g/mol. The van der Waals surface area contributed by atoms with Gasteiger partial charge in [0.05, 0.1) is 11.6 Å². The summed E-state index contributed by atoms with van der Waals surface area (Å²) in [6, 6.07) is 18.2. The van der Waals surface area contributed by atoms with Crippen LogP contribution in [0.25, 0.3) is 5.76 Å². The van der Waals surface area contributed by atoms with Gasteiger partial charge in [-0.2, -0.15) is 0 Å². The average Bonchev–Trinajstić information content (AvgIpc) is 3.55. The van der Waals surface area contributed by atoms with E-state index in [1.54, 1.807) is 0 Å². The largest absolute Gasteiger partial charge is 0.507 e. The molecule has 0 spiro atoms. The maximum atomic E-state index is 15.7. The molecule has 13 heteroatoms. The highest BCUT2D eigenvalue weighted by Crippen LogP contribution is 2.59. The Hall–Kier alpha value is -4.62. The van der Waals surface area contributed by atoms with Crippen molar-refractivity contribution >= 4 is 43.5 Å². The molecule has 4 atom stereocenters. The van der Waals surface area contributed by atoms with E-state index in [4.69, 9.17) is 30.0 Å². The molecule has 1 fully saturated rings. The van der Waals surface area contributed by atoms with Gasteiger partial charge in [-0.05, 0) is 72.8 Å². The Morgan fingerprint density at radius 3 is 2.17 bits per heavy atom. The van der Waals surface area contributed by atoms with Gasteiger partial charge in [0, 0.05) is 11.5 Å². The van der Waals surface area contributed by atoms with E-state index in [9.17, 15) is 9.90 Å². The summed E-state index contributed by atoms with van der Waals surface area (Å²) in [7, 11) is 0.763. The molecule has 11 nitrogen and oxygen atoms in total. The van der Waals surface area contributed by atoms with Crippen LogP contribution in [0.5, 0.6) is 11.6 Å². The van der Waals surface area contributed by atoms with E-state index in [-0.39, 0.29) is 71.0 Å². The molecule has 0 bridgehead atoms. The topological polar surface area (TPSA) is 141 Å². The quantitative estimate of drug-likeness (QED) is 0.0726. The summed E-state index contributed by atoms with van der Waals surface area (Å²) >= 11 is 6.65. The first-order valence-electron chi connectivity index (χ1n) is 18.0. The number of pyridine rings is 1. The van der Waals surface area contributed by atoms with Gasteiger partial charge in [-0.15, -0.1) is 0 Å². The molecule has 0 amide bonds. The number of ketones is 2. The standard InChI is InChI=1S/C41H44ClN3O8Si/c1-40(2,3)54(6,7)53-41-27(32(45(4)5)34-31(37(41)49)39(44-52-34)51-22-24-16-12-9-13-17-24)19-25-18-26-28(20-46)43-38(42)35(30(26)33(47)29(25)36(41)48)50-21-23-14-10-8-11-15-23/h8-17,20,25,27,32,47H,18-19,21-22H2,1-7H3/t25-,27-,32-,41-/m0/s1. The van der Waals surface area contributed by atoms with E-state index in [1.807, 2.05) is 114 Å². The molecule has 4 aromatic rings. The first-order chi connectivity index (χ1) is 25.6. The zero-order chi connectivity index (χ0) is 38.7. The number of benzene rings is 2. The van der Waals surface area contributed by atoms with Gasteiger partial charge in [0.25, 0.3) is 5.88 Å². The first kappa shape index (κ1) is 37.7. The summed E-state index contributed by atoms with van der Waals surface area (Å²) in [5.41, 5.74) is 0.243. The van der Waals surface area contributed by atoms with E-state index in [0.717, 1.165) is 11.1 Å². The second kappa shape index (κ2) is 13.9. The molecule has 0 radical (unpaired) electrons. The number of rotatable bonds is 10. The highest BCUT2D eigenvalue weighted by molar-refractivity contribution is 6.74. The highest BCUT2D eigenvalue weighted by atomic mass is 35.5. The van der Waals surface area contributed by atoms with Crippen molar-refractivity contribution in [2.24, 2.45) is 11.8 Å². The summed E-state index contributed by atoms with van der Waals surface area (Å²) in [4.78, 5) is 49.8. The predicted molar refractivity (Wildman–Crippen MR) is 204 cm³/mol. The van der Waals surface area contributed by atoms with Crippen LogP contribution in [0.3, 0.4) is 0 Å². The van der Waals surface area contributed by atoms with Gasteiger partial charge in [-0.3, -0.25) is 19.3 Å². The van der Waals surface area contributed by atoms with Crippen molar-refractivity contribution in [2.45, 2.75) is 76.6 Å². The van der Waals surface area contributed by atoms with Crippen LogP contribution in [0.4, 0.5) is 0 Å². The van der Waals surface area contributed by atoms with Crippen molar-refractivity contribution in [3.8, 4) is 11.6 Å². The fraction of sp³-hybridized carbons (Fsp3) is 0.390. The summed E-state index contributed by atoms with van der Waals surface area (Å²) in [6.45, 7) is 10.3. The first-order valence-corrected chi connectivity index (χ1v) is 21.3. The molecule has 2 aromatic carbocycles. The lowest BCUT2D eigenvalue weighted by Crippen LogP contribution is -2.68. The van der Waals surface area contributed by atoms with Gasteiger partial charge >= 0.3 is 0 Å². The van der Waals surface area contributed by atoms with Crippen LogP contribution in [-0.4, -0.2) is 66.0 Å². The normalized spacial score (nSPS) is 22.4. The molecule has 1 saturated carbocycles. The van der Waals surface area contributed by atoms with E-state index < -0.39 is 54.2 Å². The van der Waals surface area contributed by atoms with Crippen LogP contribution in [0.2, 0.25) is 23.3 Å². The molecule has 3 aliphatic rings. The van der Waals surface area contributed by atoms with E-state index >= 15 is 9.59 Å². The zero-order valence-electron chi connectivity index (χ0n) is 31.4. The lowest BCUT2D eigenvalue weighted by atomic mass is 9.57. The SMILES string of the molecule is CN(C)[C@@H]1c2onc(OCc3ccccc3)c2C(=O)[C@@]2(O[Si](C)(C)C(C)(C)C)C(=O)C3=C(O)c4c(c(C=O)nc(Cl)c4OCc4ccccc4)C[C@H]3C[C@@H]12. The van der Waals surface area contributed by atoms with Crippen molar-refractivity contribution in [1.82, 2.24) is 15.0 Å². The number of carbonyl (C=O) groups excluding carboxylic acids is 3. The molecular weight excluding hydrogens is 726 g/mol. The maximum Gasteiger partial charge on any atom is 0.265 e. The smallest absolute Gasteiger partial charge is 0.265 e. The second-order valence-corrected chi connectivity index (χ2v) is 21.1. The third kappa shape index (κ3) is 6.09. The fourth-order valence-electron chi connectivity index (χ4n) is 7.85. The number of aliphatic hydroxyl groups excluding tert-OH is 1. The molecule has 0 saturated heterocycles. The van der Waals surface area contributed by atoms with Crippen LogP contribution in [0.1, 0.15) is 82.1 Å². The lowest BCUT2D eigenvalue weighted by Gasteiger charge is -2.55. The fourth-order valence-corrected chi connectivity index (χ4v) is 9.54. The summed E-state index contributed by atoms with van der Waals surface area (Å²) in [5, 5.41) is 16.0. The van der Waals surface area contributed by atoms with Crippen molar-refractivity contribution in [3.63, 3.8) is 0 Å². The van der Waals surface area contributed by atoms with Gasteiger partial charge in [-0.25, -0.2) is 4.98 Å². The predicted octanol–water partition coefficient (Wildman–Crippen LogP) is 7.98. The number of Topliss-reactive ketones (excluding diaryl/α,β-unsaturated/α-hetero) is 2.